The minimum absolute atomic E-state index is 0.111. The van der Waals surface area contributed by atoms with Gasteiger partial charge in [-0.3, -0.25) is 0 Å². The molecule has 2 aliphatic heterocycles. The van der Waals surface area contributed by atoms with Crippen LogP contribution in [0.1, 0.15) is 36.3 Å². The average molecular weight is 380 g/mol. The third kappa shape index (κ3) is 7.11. The van der Waals surface area contributed by atoms with Gasteiger partial charge in [-0.2, -0.15) is 0 Å². The Balaban J connectivity index is 0.000000701. The van der Waals surface area contributed by atoms with Gasteiger partial charge in [-0.1, -0.05) is 11.3 Å². The Morgan fingerprint density at radius 3 is 2.72 bits per heavy atom. The van der Waals surface area contributed by atoms with E-state index in [1.165, 1.54) is 24.1 Å². The van der Waals surface area contributed by atoms with Crippen molar-refractivity contribution in [3.05, 3.63) is 10.6 Å². The molecular formula is C17H27F3N2O2S. The summed E-state index contributed by atoms with van der Waals surface area (Å²) in [7, 11) is 0. The van der Waals surface area contributed by atoms with Gasteiger partial charge in [0.25, 0.3) is 5.19 Å². The van der Waals surface area contributed by atoms with E-state index in [9.17, 15) is 13.2 Å². The smallest absolute Gasteiger partial charge is 0.273 e. The lowest BCUT2D eigenvalue weighted by Crippen LogP contribution is -2.31. The molecule has 0 aromatic carbocycles. The second kappa shape index (κ2) is 11.7. The van der Waals surface area contributed by atoms with Crippen LogP contribution in [0, 0.1) is 0 Å². The normalized spacial score (nSPS) is 21.0. The van der Waals surface area contributed by atoms with E-state index in [4.69, 9.17) is 9.47 Å². The van der Waals surface area contributed by atoms with Gasteiger partial charge in [0.2, 0.25) is 6.93 Å². The summed E-state index contributed by atoms with van der Waals surface area (Å²) in [5.41, 5.74) is 1.15. The fourth-order valence-electron chi connectivity index (χ4n) is 3.16. The highest BCUT2D eigenvalue weighted by atomic mass is 32.1. The first kappa shape index (κ1) is 20.5. The second-order valence-corrected chi connectivity index (χ2v) is 7.15. The largest absolute Gasteiger partial charge is 0.467 e. The van der Waals surface area contributed by atoms with E-state index in [0.717, 1.165) is 51.2 Å². The highest BCUT2D eigenvalue weighted by Gasteiger charge is 2.20. The third-order valence-electron chi connectivity index (χ3n) is 4.42. The lowest BCUT2D eigenvalue weighted by atomic mass is 10.1. The minimum atomic E-state index is -1.75. The number of fused-ring (bicyclic) bond motifs is 1. The number of nitrogens with zero attached hydrogens (tertiary/aromatic N) is 2. The van der Waals surface area contributed by atoms with Crippen molar-refractivity contribution in [2.75, 3.05) is 46.5 Å². The lowest BCUT2D eigenvalue weighted by Gasteiger charge is -2.26. The van der Waals surface area contributed by atoms with Crippen LogP contribution in [0.5, 0.6) is 5.19 Å². The van der Waals surface area contributed by atoms with Crippen LogP contribution >= 0.6 is 11.3 Å². The zero-order valence-electron chi connectivity index (χ0n) is 14.5. The fourth-order valence-corrected chi connectivity index (χ4v) is 4.13. The average Bonchev–Trinajstić information content (AvgIpc) is 2.93. The summed E-state index contributed by atoms with van der Waals surface area (Å²) in [4.78, 5) is 8.34. The Kier molecular flexibility index (Phi) is 9.57. The van der Waals surface area contributed by atoms with Crippen LogP contribution in [-0.4, -0.2) is 62.4 Å². The molecule has 0 aliphatic carbocycles. The predicted molar refractivity (Wildman–Crippen MR) is 92.7 cm³/mol. The summed E-state index contributed by atoms with van der Waals surface area (Å²) in [6, 6.07) is 0. The van der Waals surface area contributed by atoms with Gasteiger partial charge in [-0.05, 0) is 32.1 Å². The molecule has 0 radical (unpaired) electrons. The number of rotatable bonds is 6. The predicted octanol–water partition coefficient (Wildman–Crippen LogP) is 3.73. The Labute approximate surface area is 151 Å². The molecule has 144 valence electrons. The molecule has 0 unspecified atom stereocenters. The van der Waals surface area contributed by atoms with Crippen molar-refractivity contribution < 1.29 is 22.6 Å². The molecule has 4 nitrogen and oxygen atoms in total. The van der Waals surface area contributed by atoms with Gasteiger partial charge in [0.05, 0.1) is 11.8 Å². The summed E-state index contributed by atoms with van der Waals surface area (Å²) in [5, 5.41) is 0.631. The highest BCUT2D eigenvalue weighted by Crippen LogP contribution is 2.28. The van der Waals surface area contributed by atoms with Crippen molar-refractivity contribution in [3.8, 4) is 5.19 Å². The zero-order chi connectivity index (χ0) is 17.9. The molecule has 0 spiro atoms. The number of hydrogen-bond donors (Lipinski definition) is 0. The molecule has 0 bridgehead atoms. The van der Waals surface area contributed by atoms with E-state index in [-0.39, 0.29) is 6.61 Å². The van der Waals surface area contributed by atoms with Crippen LogP contribution in [0.25, 0.3) is 0 Å². The summed E-state index contributed by atoms with van der Waals surface area (Å²) in [6.45, 7) is 2.08. The topological polar surface area (TPSA) is 34.6 Å². The fraction of sp³-hybridized carbons (Fsp3) is 0.824. The standard InChI is InChI=1S/C16H25FN2O2S.CH2F2/c17-7-12-21-16-18-14-5-9-19(10-6-15(14)22-16)8-4-13-3-1-2-11-20-13;2-1-3/h13H,1-12H2;1H2/t13-;/m1./s1. The molecule has 1 atom stereocenters. The minimum Gasteiger partial charge on any atom is -0.467 e. The summed E-state index contributed by atoms with van der Waals surface area (Å²) in [6.07, 6.45) is 7.36. The zero-order valence-corrected chi connectivity index (χ0v) is 15.3. The summed E-state index contributed by atoms with van der Waals surface area (Å²) >= 11 is 1.59. The second-order valence-electron chi connectivity index (χ2n) is 6.11. The van der Waals surface area contributed by atoms with Gasteiger partial charge in [-0.15, -0.1) is 0 Å². The number of hydrogen-bond acceptors (Lipinski definition) is 5. The van der Waals surface area contributed by atoms with Crippen LogP contribution < -0.4 is 4.74 Å². The molecule has 3 heterocycles. The first-order chi connectivity index (χ1) is 12.3. The van der Waals surface area contributed by atoms with Crippen molar-refractivity contribution in [2.24, 2.45) is 0 Å². The Morgan fingerprint density at radius 1 is 1.20 bits per heavy atom. The van der Waals surface area contributed by atoms with Gasteiger partial charge in [0.15, 0.2) is 0 Å². The van der Waals surface area contributed by atoms with Crippen molar-refractivity contribution in [2.45, 2.75) is 44.6 Å². The van der Waals surface area contributed by atoms with E-state index in [1.807, 2.05) is 0 Å². The molecule has 3 rings (SSSR count). The van der Waals surface area contributed by atoms with Gasteiger partial charge in [-0.25, -0.2) is 18.2 Å². The van der Waals surface area contributed by atoms with Crippen molar-refractivity contribution >= 4 is 11.3 Å². The summed E-state index contributed by atoms with van der Waals surface area (Å²) in [5.74, 6) is 0. The first-order valence-corrected chi connectivity index (χ1v) is 9.71. The number of thiazole rings is 1. The maximum Gasteiger partial charge on any atom is 0.273 e. The van der Waals surface area contributed by atoms with Crippen molar-refractivity contribution in [1.29, 1.82) is 0 Å². The maximum absolute atomic E-state index is 12.2. The lowest BCUT2D eigenvalue weighted by molar-refractivity contribution is 0.00572. The Hall–Kier alpha value is -0.860. The SMILES string of the molecule is FCCOc1nc2c(s1)CCN(CC[C@H]1CCCCO1)CC2.FCF. The van der Waals surface area contributed by atoms with E-state index < -0.39 is 13.6 Å². The quantitative estimate of drug-likeness (QED) is 0.753. The van der Waals surface area contributed by atoms with Crippen LogP contribution in [0.3, 0.4) is 0 Å². The van der Waals surface area contributed by atoms with E-state index in [1.54, 1.807) is 11.3 Å². The number of ether oxygens (including phenoxy) is 2. The van der Waals surface area contributed by atoms with Gasteiger partial charge < -0.3 is 14.4 Å². The van der Waals surface area contributed by atoms with Crippen molar-refractivity contribution in [1.82, 2.24) is 9.88 Å². The van der Waals surface area contributed by atoms with Crippen LogP contribution in [-0.2, 0) is 17.6 Å². The number of alkyl halides is 3. The molecule has 25 heavy (non-hydrogen) atoms. The maximum atomic E-state index is 12.2. The van der Waals surface area contributed by atoms with Gasteiger partial charge in [0.1, 0.15) is 13.3 Å². The third-order valence-corrected chi connectivity index (χ3v) is 5.49. The molecule has 8 heteroatoms. The van der Waals surface area contributed by atoms with Crippen molar-refractivity contribution in [3.63, 3.8) is 0 Å². The molecule has 0 amide bonds. The summed E-state index contributed by atoms with van der Waals surface area (Å²) < 4.78 is 42.5. The van der Waals surface area contributed by atoms with Crippen LogP contribution in [0.2, 0.25) is 0 Å². The van der Waals surface area contributed by atoms with Crippen LogP contribution in [0.15, 0.2) is 0 Å². The molecule has 0 saturated carbocycles. The molecule has 1 saturated heterocycles. The molecule has 2 aliphatic rings. The molecule has 0 N–H and O–H groups in total. The van der Waals surface area contributed by atoms with E-state index in [0.29, 0.717) is 11.3 Å². The first-order valence-electron chi connectivity index (χ1n) is 8.90. The highest BCUT2D eigenvalue weighted by molar-refractivity contribution is 7.13. The van der Waals surface area contributed by atoms with Gasteiger partial charge >= 0.3 is 0 Å². The van der Waals surface area contributed by atoms with Gasteiger partial charge in [0, 0.05) is 37.5 Å². The number of aromatic nitrogens is 1. The van der Waals surface area contributed by atoms with Crippen LogP contribution in [0.4, 0.5) is 13.2 Å². The molecule has 1 fully saturated rings. The monoisotopic (exact) mass is 380 g/mol. The molecule has 1 aromatic rings. The molecular weight excluding hydrogens is 353 g/mol. The van der Waals surface area contributed by atoms with E-state index in [2.05, 4.69) is 9.88 Å². The molecule has 1 aromatic heterocycles. The van der Waals surface area contributed by atoms with E-state index >= 15 is 0 Å². The number of halogens is 3. The Bertz CT molecular complexity index is 459. The Morgan fingerprint density at radius 2 is 2.00 bits per heavy atom.